The van der Waals surface area contributed by atoms with Crippen LogP contribution in [0.2, 0.25) is 0 Å². The van der Waals surface area contributed by atoms with Crippen LogP contribution >= 0.6 is 0 Å². The number of aromatic nitrogens is 1. The second-order valence-electron chi connectivity index (χ2n) is 5.00. The summed E-state index contributed by atoms with van der Waals surface area (Å²) < 4.78 is 0. The van der Waals surface area contributed by atoms with Crippen molar-refractivity contribution < 1.29 is 0 Å². The van der Waals surface area contributed by atoms with E-state index in [4.69, 9.17) is 0 Å². The minimum atomic E-state index is 0.183. The number of rotatable bonds is 0. The van der Waals surface area contributed by atoms with Gasteiger partial charge in [0.15, 0.2) is 0 Å². The van der Waals surface area contributed by atoms with Crippen molar-refractivity contribution >= 4 is 5.69 Å². The number of nitrogens with zero attached hydrogens (tertiary/aromatic N) is 1. The van der Waals surface area contributed by atoms with Crippen molar-refractivity contribution in [3.05, 3.63) is 23.5 Å². The first kappa shape index (κ1) is 9.50. The largest absolute Gasteiger partial charge is 0.384 e. The Morgan fingerprint density at radius 3 is 2.79 bits per heavy atom. The number of fused-ring (bicyclic) bond motifs is 1. The van der Waals surface area contributed by atoms with Crippen molar-refractivity contribution in [2.24, 2.45) is 0 Å². The number of nitrogens with one attached hydrogen (secondary N) is 1. The van der Waals surface area contributed by atoms with E-state index in [0.717, 1.165) is 6.54 Å². The van der Waals surface area contributed by atoms with Gasteiger partial charge in [0, 0.05) is 24.6 Å². The molecule has 2 heterocycles. The van der Waals surface area contributed by atoms with Crippen LogP contribution in [0.3, 0.4) is 0 Å². The molecule has 0 fully saturated rings. The van der Waals surface area contributed by atoms with Crippen molar-refractivity contribution in [2.75, 3.05) is 11.9 Å². The summed E-state index contributed by atoms with van der Waals surface area (Å²) in [6.07, 6.45) is 6.38. The Morgan fingerprint density at radius 1 is 1.29 bits per heavy atom. The second-order valence-corrected chi connectivity index (χ2v) is 5.00. The van der Waals surface area contributed by atoms with Crippen LogP contribution in [0, 0.1) is 0 Å². The first-order valence-electron chi connectivity index (χ1n) is 5.30. The molecular formula is C12H18N2. The van der Waals surface area contributed by atoms with Gasteiger partial charge in [0.1, 0.15) is 0 Å². The lowest BCUT2D eigenvalue weighted by Gasteiger charge is -2.27. The van der Waals surface area contributed by atoms with Gasteiger partial charge in [0.05, 0.1) is 0 Å². The van der Waals surface area contributed by atoms with Gasteiger partial charge in [-0.1, -0.05) is 20.8 Å². The lowest BCUT2D eigenvalue weighted by molar-refractivity contribution is 0.585. The normalized spacial score (nSPS) is 15.9. The fourth-order valence-electron chi connectivity index (χ4n) is 1.96. The molecule has 1 aliphatic rings. The minimum Gasteiger partial charge on any atom is -0.384 e. The van der Waals surface area contributed by atoms with E-state index in [1.54, 1.807) is 0 Å². The Labute approximate surface area is 85.7 Å². The Bertz CT molecular complexity index is 337. The molecule has 0 saturated carbocycles. The van der Waals surface area contributed by atoms with E-state index in [2.05, 4.69) is 31.1 Å². The summed E-state index contributed by atoms with van der Waals surface area (Å²) >= 11 is 0. The van der Waals surface area contributed by atoms with E-state index in [1.165, 1.54) is 29.7 Å². The quantitative estimate of drug-likeness (QED) is 0.680. The third-order valence-corrected chi connectivity index (χ3v) is 2.76. The molecule has 1 aromatic heterocycles. The standard InChI is InChI=1S/C12H18N2/c1-12(2,3)10-8-13-7-9-5-4-6-14-11(9)10/h7-8,14H,4-6H2,1-3H3. The van der Waals surface area contributed by atoms with Crippen LogP contribution in [0.25, 0.3) is 0 Å². The third kappa shape index (κ3) is 1.61. The highest BCUT2D eigenvalue weighted by molar-refractivity contribution is 5.59. The molecule has 0 amide bonds. The Kier molecular flexibility index (Phi) is 2.22. The number of pyridine rings is 1. The van der Waals surface area contributed by atoms with Crippen molar-refractivity contribution in [1.82, 2.24) is 4.98 Å². The maximum absolute atomic E-state index is 4.32. The van der Waals surface area contributed by atoms with Gasteiger partial charge < -0.3 is 5.32 Å². The van der Waals surface area contributed by atoms with Crippen LogP contribution in [-0.4, -0.2) is 11.5 Å². The van der Waals surface area contributed by atoms with Crippen molar-refractivity contribution in [2.45, 2.75) is 39.0 Å². The van der Waals surface area contributed by atoms with E-state index in [9.17, 15) is 0 Å². The maximum Gasteiger partial charge on any atom is 0.0441 e. The summed E-state index contributed by atoms with van der Waals surface area (Å²) in [5, 5.41) is 3.50. The van der Waals surface area contributed by atoms with Crippen LogP contribution in [0.1, 0.15) is 38.3 Å². The summed E-state index contributed by atoms with van der Waals surface area (Å²) in [6.45, 7) is 7.81. The van der Waals surface area contributed by atoms with E-state index in [0.29, 0.717) is 0 Å². The van der Waals surface area contributed by atoms with E-state index in [1.807, 2.05) is 12.4 Å². The molecule has 1 aliphatic heterocycles. The van der Waals surface area contributed by atoms with Crippen LogP contribution in [0.5, 0.6) is 0 Å². The molecule has 0 aliphatic carbocycles. The Hall–Kier alpha value is -1.05. The van der Waals surface area contributed by atoms with Gasteiger partial charge in [-0.3, -0.25) is 4.98 Å². The van der Waals surface area contributed by atoms with Crippen LogP contribution in [-0.2, 0) is 11.8 Å². The molecule has 0 atom stereocenters. The highest BCUT2D eigenvalue weighted by Gasteiger charge is 2.21. The first-order valence-corrected chi connectivity index (χ1v) is 5.30. The number of hydrogen-bond donors (Lipinski definition) is 1. The average molecular weight is 190 g/mol. The van der Waals surface area contributed by atoms with E-state index in [-0.39, 0.29) is 5.41 Å². The Balaban J connectivity index is 2.51. The molecule has 0 unspecified atom stereocenters. The topological polar surface area (TPSA) is 24.9 Å². The second kappa shape index (κ2) is 3.26. The van der Waals surface area contributed by atoms with Crippen LogP contribution in [0.15, 0.2) is 12.4 Å². The number of aryl methyl sites for hydroxylation is 1. The Morgan fingerprint density at radius 2 is 2.07 bits per heavy atom. The zero-order chi connectivity index (χ0) is 10.2. The monoisotopic (exact) mass is 190 g/mol. The maximum atomic E-state index is 4.32. The molecule has 2 heteroatoms. The molecule has 1 aromatic rings. The van der Waals surface area contributed by atoms with Gasteiger partial charge in [-0.25, -0.2) is 0 Å². The predicted octanol–water partition coefficient (Wildman–Crippen LogP) is 2.74. The van der Waals surface area contributed by atoms with Gasteiger partial charge in [0.2, 0.25) is 0 Å². The van der Waals surface area contributed by atoms with Crippen molar-refractivity contribution in [1.29, 1.82) is 0 Å². The van der Waals surface area contributed by atoms with E-state index >= 15 is 0 Å². The zero-order valence-electron chi connectivity index (χ0n) is 9.22. The smallest absolute Gasteiger partial charge is 0.0441 e. The molecule has 0 aromatic carbocycles. The summed E-state index contributed by atoms with van der Waals surface area (Å²) in [4.78, 5) is 4.32. The summed E-state index contributed by atoms with van der Waals surface area (Å²) in [5.41, 5.74) is 4.24. The molecule has 2 nitrogen and oxygen atoms in total. The van der Waals surface area contributed by atoms with Crippen molar-refractivity contribution in [3.63, 3.8) is 0 Å². The molecule has 1 N–H and O–H groups in total. The minimum absolute atomic E-state index is 0.183. The lowest BCUT2D eigenvalue weighted by atomic mass is 9.85. The summed E-state index contributed by atoms with van der Waals surface area (Å²) in [6, 6.07) is 0. The van der Waals surface area contributed by atoms with Gasteiger partial charge in [-0.2, -0.15) is 0 Å². The molecule has 0 bridgehead atoms. The fourth-order valence-corrected chi connectivity index (χ4v) is 1.96. The van der Waals surface area contributed by atoms with Crippen LogP contribution < -0.4 is 5.32 Å². The summed E-state index contributed by atoms with van der Waals surface area (Å²) in [5.74, 6) is 0. The highest BCUT2D eigenvalue weighted by atomic mass is 14.9. The number of anilines is 1. The predicted molar refractivity (Wildman–Crippen MR) is 59.7 cm³/mol. The summed E-state index contributed by atoms with van der Waals surface area (Å²) in [7, 11) is 0. The molecule has 76 valence electrons. The van der Waals surface area contributed by atoms with Gasteiger partial charge >= 0.3 is 0 Å². The fraction of sp³-hybridized carbons (Fsp3) is 0.583. The molecule has 2 rings (SSSR count). The van der Waals surface area contributed by atoms with E-state index < -0.39 is 0 Å². The molecule has 14 heavy (non-hydrogen) atoms. The molecule has 0 saturated heterocycles. The number of hydrogen-bond acceptors (Lipinski definition) is 2. The van der Waals surface area contributed by atoms with Gasteiger partial charge in [0.25, 0.3) is 0 Å². The third-order valence-electron chi connectivity index (χ3n) is 2.76. The zero-order valence-corrected chi connectivity index (χ0v) is 9.22. The molecule has 0 radical (unpaired) electrons. The highest BCUT2D eigenvalue weighted by Crippen LogP contribution is 2.33. The molecule has 0 spiro atoms. The first-order chi connectivity index (χ1) is 6.59. The van der Waals surface area contributed by atoms with Crippen LogP contribution in [0.4, 0.5) is 5.69 Å². The van der Waals surface area contributed by atoms with Crippen molar-refractivity contribution in [3.8, 4) is 0 Å². The average Bonchev–Trinajstić information content (AvgIpc) is 2.15. The SMILES string of the molecule is CC(C)(C)c1cncc2c1NCCC2. The lowest BCUT2D eigenvalue weighted by Crippen LogP contribution is -2.20. The van der Waals surface area contributed by atoms with Gasteiger partial charge in [-0.05, 0) is 29.4 Å². The molecular weight excluding hydrogens is 172 g/mol. The van der Waals surface area contributed by atoms with Gasteiger partial charge in [-0.15, -0.1) is 0 Å².